The number of anilines is 2. The van der Waals surface area contributed by atoms with E-state index in [0.717, 1.165) is 22.4 Å². The lowest BCUT2D eigenvalue weighted by atomic mass is 9.64. The fourth-order valence-corrected chi connectivity index (χ4v) is 6.53. The molecule has 1 N–H and O–H groups in total. The number of amides is 1. The van der Waals surface area contributed by atoms with Crippen molar-refractivity contribution in [3.8, 4) is 0 Å². The van der Waals surface area contributed by atoms with Crippen molar-refractivity contribution in [1.82, 2.24) is 0 Å². The van der Waals surface area contributed by atoms with Crippen LogP contribution in [-0.4, -0.2) is 29.6 Å². The number of carbonyl (C=O) groups is 3. The van der Waals surface area contributed by atoms with Gasteiger partial charge in [-0.3, -0.25) is 14.4 Å². The first-order valence-electron chi connectivity index (χ1n) is 12.0. The molecule has 180 valence electrons. The number of aryl methyl sites for hydroxylation is 1. The second-order valence-corrected chi connectivity index (χ2v) is 9.97. The van der Waals surface area contributed by atoms with Crippen molar-refractivity contribution in [2.45, 2.75) is 38.3 Å². The molecule has 4 atom stereocenters. The zero-order chi connectivity index (χ0) is 25.4. The van der Waals surface area contributed by atoms with E-state index in [4.69, 9.17) is 0 Å². The van der Waals surface area contributed by atoms with Crippen molar-refractivity contribution in [2.75, 3.05) is 10.2 Å². The van der Waals surface area contributed by atoms with Gasteiger partial charge >= 0.3 is 0 Å². The zero-order valence-corrected chi connectivity index (χ0v) is 20.2. The lowest BCUT2D eigenvalue weighted by molar-refractivity contribution is -0.122. The van der Waals surface area contributed by atoms with Gasteiger partial charge in [0.1, 0.15) is 11.2 Å². The number of allylic oxidation sites excluding steroid dienone is 1. The molecule has 0 radical (unpaired) electrons. The molecule has 3 heterocycles. The van der Waals surface area contributed by atoms with E-state index in [0.29, 0.717) is 11.3 Å². The normalized spacial score (nSPS) is 25.7. The molecule has 0 aliphatic carbocycles. The van der Waals surface area contributed by atoms with Crippen LogP contribution in [0.25, 0.3) is 5.57 Å². The second kappa shape index (κ2) is 7.72. The molecule has 0 bridgehead atoms. The summed E-state index contributed by atoms with van der Waals surface area (Å²) in [6.45, 7) is 5.43. The molecule has 0 aromatic heterocycles. The highest BCUT2D eigenvalue weighted by atomic mass is 19.1. The summed E-state index contributed by atoms with van der Waals surface area (Å²) in [5.41, 5.74) is 3.53. The molecule has 3 aromatic rings. The van der Waals surface area contributed by atoms with E-state index in [9.17, 15) is 18.8 Å². The Balaban J connectivity index is 1.70. The van der Waals surface area contributed by atoms with Crippen molar-refractivity contribution in [1.29, 1.82) is 0 Å². The molecule has 3 aliphatic rings. The fourth-order valence-electron chi connectivity index (χ4n) is 6.53. The van der Waals surface area contributed by atoms with Crippen LogP contribution in [0.15, 0.2) is 72.8 Å². The van der Waals surface area contributed by atoms with E-state index in [1.165, 1.54) is 25.1 Å². The van der Waals surface area contributed by atoms with E-state index in [1.54, 1.807) is 12.1 Å². The highest BCUT2D eigenvalue weighted by Gasteiger charge is 2.70. The number of ketones is 2. The van der Waals surface area contributed by atoms with Gasteiger partial charge in [-0.1, -0.05) is 48.0 Å². The molecule has 5 nitrogen and oxygen atoms in total. The number of hydrogen-bond acceptors (Lipinski definition) is 4. The van der Waals surface area contributed by atoms with Crippen LogP contribution in [-0.2, 0) is 15.0 Å². The summed E-state index contributed by atoms with van der Waals surface area (Å²) in [6.07, 6.45) is 1.99. The molecule has 1 spiro atoms. The molecule has 0 unspecified atom stereocenters. The second-order valence-electron chi connectivity index (χ2n) is 9.97. The quantitative estimate of drug-likeness (QED) is 0.531. The average molecular weight is 481 g/mol. The number of hydrogen-bond donors (Lipinski definition) is 1. The first kappa shape index (κ1) is 22.4. The van der Waals surface area contributed by atoms with Crippen LogP contribution in [0.3, 0.4) is 0 Å². The third kappa shape index (κ3) is 2.78. The number of Topliss-reactive ketones (excluding diaryl/α,β-unsaturated/α-hetero) is 2. The van der Waals surface area contributed by atoms with E-state index in [2.05, 4.69) is 11.4 Å². The summed E-state index contributed by atoms with van der Waals surface area (Å²) >= 11 is 0. The predicted molar refractivity (Wildman–Crippen MR) is 137 cm³/mol. The van der Waals surface area contributed by atoms with Crippen LogP contribution in [0.5, 0.6) is 0 Å². The van der Waals surface area contributed by atoms with E-state index >= 15 is 0 Å². The Morgan fingerprint density at radius 1 is 1.00 bits per heavy atom. The van der Waals surface area contributed by atoms with E-state index in [1.807, 2.05) is 55.2 Å². The van der Waals surface area contributed by atoms with Gasteiger partial charge in [-0.05, 0) is 62.2 Å². The minimum absolute atomic E-state index is 0.116. The third-order valence-electron chi connectivity index (χ3n) is 7.97. The largest absolute Gasteiger partial charge is 0.352 e. The Bertz CT molecular complexity index is 1510. The Labute approximate surface area is 208 Å². The van der Waals surface area contributed by atoms with Gasteiger partial charge in [0.25, 0.3) is 0 Å². The molecule has 1 saturated heterocycles. The smallest absolute Gasteiger partial charge is 0.238 e. The molecule has 6 rings (SSSR count). The van der Waals surface area contributed by atoms with Gasteiger partial charge in [-0.2, -0.15) is 0 Å². The maximum absolute atomic E-state index is 15.0. The van der Waals surface area contributed by atoms with Crippen LogP contribution < -0.4 is 10.2 Å². The maximum atomic E-state index is 15.0. The predicted octanol–water partition coefficient (Wildman–Crippen LogP) is 5.09. The topological polar surface area (TPSA) is 66.5 Å². The van der Waals surface area contributed by atoms with Gasteiger partial charge < -0.3 is 10.2 Å². The number of nitrogens with one attached hydrogen (secondary N) is 1. The van der Waals surface area contributed by atoms with Crippen LogP contribution in [0, 0.1) is 18.7 Å². The number of nitrogens with zero attached hydrogens (tertiary/aromatic N) is 1. The Hall–Kier alpha value is -4.06. The zero-order valence-electron chi connectivity index (χ0n) is 20.2. The third-order valence-corrected chi connectivity index (χ3v) is 7.97. The molecular weight excluding hydrogens is 455 g/mol. The Kier molecular flexibility index (Phi) is 4.80. The summed E-state index contributed by atoms with van der Waals surface area (Å²) in [4.78, 5) is 43.7. The minimum Gasteiger partial charge on any atom is -0.352 e. The lowest BCUT2D eigenvalue weighted by Crippen LogP contribution is -2.51. The van der Waals surface area contributed by atoms with Gasteiger partial charge in [0.2, 0.25) is 5.91 Å². The monoisotopic (exact) mass is 480 g/mol. The van der Waals surface area contributed by atoms with Crippen molar-refractivity contribution in [3.63, 3.8) is 0 Å². The number of fused-ring (bicyclic) bond motifs is 6. The Morgan fingerprint density at radius 3 is 2.47 bits per heavy atom. The van der Waals surface area contributed by atoms with Gasteiger partial charge in [0, 0.05) is 16.9 Å². The van der Waals surface area contributed by atoms with Crippen LogP contribution in [0.1, 0.15) is 40.9 Å². The number of halogens is 1. The SMILES string of the molecule is CC(=O)[C@@H]1[C@H](C(=O)c2ccccc2F)[C@]2(C(=O)Nc3ccccc32)[C@@H]2C=C(C)c3cc(C)ccc3N12. The summed E-state index contributed by atoms with van der Waals surface area (Å²) in [6, 6.07) is 17.5. The van der Waals surface area contributed by atoms with Crippen LogP contribution >= 0.6 is 0 Å². The standard InChI is InChI=1S/C30H25FN2O3/c1-16-12-13-24-20(14-16)17(2)15-25-30(21-9-5-7-11-23(21)32-29(30)36)26(27(18(3)34)33(24)25)28(35)19-8-4-6-10-22(19)31/h4-15,25-27H,1-3H3,(H,32,36)/t25-,26+,27+,30+/m0/s1. The van der Waals surface area contributed by atoms with Crippen molar-refractivity contribution in [2.24, 2.45) is 5.92 Å². The number of para-hydroxylation sites is 1. The molecule has 0 saturated carbocycles. The number of carbonyl (C=O) groups excluding carboxylic acids is 3. The van der Waals surface area contributed by atoms with Gasteiger partial charge in [-0.15, -0.1) is 0 Å². The van der Waals surface area contributed by atoms with Crippen molar-refractivity contribution in [3.05, 3.63) is 101 Å². The molecule has 3 aliphatic heterocycles. The average Bonchev–Trinajstić information content (AvgIpc) is 3.32. The summed E-state index contributed by atoms with van der Waals surface area (Å²) in [5.74, 6) is -2.94. The summed E-state index contributed by atoms with van der Waals surface area (Å²) in [5, 5.41) is 2.97. The summed E-state index contributed by atoms with van der Waals surface area (Å²) < 4.78 is 15.0. The molecular formula is C30H25FN2O3. The molecule has 6 heteroatoms. The Morgan fingerprint density at radius 2 is 1.72 bits per heavy atom. The molecule has 1 fully saturated rings. The van der Waals surface area contributed by atoms with Crippen molar-refractivity contribution < 1.29 is 18.8 Å². The van der Waals surface area contributed by atoms with E-state index in [-0.39, 0.29) is 17.3 Å². The van der Waals surface area contributed by atoms with Gasteiger partial charge in [0.05, 0.1) is 23.6 Å². The lowest BCUT2D eigenvalue weighted by Gasteiger charge is -2.39. The van der Waals surface area contributed by atoms with Gasteiger partial charge in [-0.25, -0.2) is 4.39 Å². The maximum Gasteiger partial charge on any atom is 0.238 e. The minimum atomic E-state index is -1.41. The molecule has 36 heavy (non-hydrogen) atoms. The highest BCUT2D eigenvalue weighted by Crippen LogP contribution is 2.58. The first-order chi connectivity index (χ1) is 17.3. The molecule has 1 amide bonds. The first-order valence-corrected chi connectivity index (χ1v) is 12.0. The summed E-state index contributed by atoms with van der Waals surface area (Å²) in [7, 11) is 0. The van der Waals surface area contributed by atoms with E-state index < -0.39 is 35.0 Å². The van der Waals surface area contributed by atoms with Crippen molar-refractivity contribution >= 4 is 34.4 Å². The van der Waals surface area contributed by atoms with Crippen LogP contribution in [0.2, 0.25) is 0 Å². The number of rotatable bonds is 3. The fraction of sp³-hybridized carbons (Fsp3) is 0.233. The highest BCUT2D eigenvalue weighted by molar-refractivity contribution is 6.16. The molecule has 3 aromatic carbocycles. The van der Waals surface area contributed by atoms with Crippen LogP contribution in [0.4, 0.5) is 15.8 Å². The van der Waals surface area contributed by atoms with Gasteiger partial charge in [0.15, 0.2) is 11.6 Å². The number of benzene rings is 3.